The highest BCUT2D eigenvalue weighted by atomic mass is 16.6. The van der Waals surface area contributed by atoms with Gasteiger partial charge in [-0.2, -0.15) is 0 Å². The summed E-state index contributed by atoms with van der Waals surface area (Å²) in [6.07, 6.45) is 3.54. The summed E-state index contributed by atoms with van der Waals surface area (Å²) < 4.78 is 0. The second-order valence-corrected chi connectivity index (χ2v) is 5.74. The summed E-state index contributed by atoms with van der Waals surface area (Å²) in [5.74, 6) is 0.738. The van der Waals surface area contributed by atoms with Crippen LogP contribution in [0.2, 0.25) is 0 Å². The molecule has 1 saturated heterocycles. The maximum atomic E-state index is 11.0. The number of hydrogen-bond donors (Lipinski definition) is 1. The number of anilines is 1. The Morgan fingerprint density at radius 2 is 2.10 bits per heavy atom. The summed E-state index contributed by atoms with van der Waals surface area (Å²) in [4.78, 5) is 13.0. The number of rotatable bonds is 5. The Hall–Kier alpha value is -1.62. The van der Waals surface area contributed by atoms with Crippen LogP contribution < -0.4 is 5.32 Å². The number of hydrogen-bond acceptors (Lipinski definition) is 4. The van der Waals surface area contributed by atoms with Gasteiger partial charge in [-0.3, -0.25) is 10.1 Å². The third-order valence-electron chi connectivity index (χ3n) is 4.05. The normalized spacial score (nSPS) is 17.1. The average Bonchev–Trinajstić information content (AvgIpc) is 2.41. The minimum Gasteiger partial charge on any atom is -0.379 e. The zero-order valence-electron chi connectivity index (χ0n) is 12.3. The first-order valence-corrected chi connectivity index (χ1v) is 7.23. The molecule has 5 nitrogen and oxygen atoms in total. The summed E-state index contributed by atoms with van der Waals surface area (Å²) >= 11 is 0. The van der Waals surface area contributed by atoms with E-state index in [0.717, 1.165) is 37.5 Å². The highest BCUT2D eigenvalue weighted by molar-refractivity contribution is 5.62. The lowest BCUT2D eigenvalue weighted by molar-refractivity contribution is -0.384. The fourth-order valence-corrected chi connectivity index (χ4v) is 2.71. The Morgan fingerprint density at radius 3 is 2.75 bits per heavy atom. The van der Waals surface area contributed by atoms with Crippen LogP contribution in [0.15, 0.2) is 18.2 Å². The van der Waals surface area contributed by atoms with Crippen molar-refractivity contribution in [2.45, 2.75) is 26.2 Å². The number of nitrogens with zero attached hydrogens (tertiary/aromatic N) is 2. The van der Waals surface area contributed by atoms with Gasteiger partial charge in [-0.15, -0.1) is 0 Å². The fourth-order valence-electron chi connectivity index (χ4n) is 2.71. The number of likely N-dealkylation sites (tertiary alicyclic amines) is 1. The van der Waals surface area contributed by atoms with Crippen molar-refractivity contribution in [1.82, 2.24) is 4.90 Å². The molecule has 0 aliphatic carbocycles. The van der Waals surface area contributed by atoms with E-state index in [1.165, 1.54) is 12.8 Å². The quantitative estimate of drug-likeness (QED) is 0.664. The molecule has 1 heterocycles. The number of piperidine rings is 1. The van der Waals surface area contributed by atoms with Crippen LogP contribution in [0, 0.1) is 23.0 Å². The van der Waals surface area contributed by atoms with E-state index in [9.17, 15) is 10.1 Å². The molecule has 1 aliphatic rings. The molecule has 110 valence electrons. The smallest absolute Gasteiger partial charge is 0.292 e. The van der Waals surface area contributed by atoms with Crippen molar-refractivity contribution in [2.24, 2.45) is 5.92 Å². The van der Waals surface area contributed by atoms with E-state index in [1.54, 1.807) is 12.1 Å². The molecule has 0 aromatic heterocycles. The van der Waals surface area contributed by atoms with Crippen molar-refractivity contribution >= 4 is 11.4 Å². The first-order chi connectivity index (χ1) is 9.56. The zero-order valence-corrected chi connectivity index (χ0v) is 12.3. The van der Waals surface area contributed by atoms with E-state index in [2.05, 4.69) is 17.3 Å². The fraction of sp³-hybridized carbons (Fsp3) is 0.600. The Labute approximate surface area is 120 Å². The standard InChI is InChI=1S/C15H23N3O2/c1-12-3-4-15(18(19)20)14(11-12)16-8-5-13-6-9-17(2)10-7-13/h3-4,11,13,16H,5-10H2,1-2H3. The van der Waals surface area contributed by atoms with Gasteiger partial charge in [0.05, 0.1) is 4.92 Å². The van der Waals surface area contributed by atoms with Crippen molar-refractivity contribution in [2.75, 3.05) is 32.0 Å². The number of nitro groups is 1. The van der Waals surface area contributed by atoms with Gasteiger partial charge in [0.1, 0.15) is 5.69 Å². The molecular formula is C15H23N3O2. The molecule has 0 bridgehead atoms. The van der Waals surface area contributed by atoms with Crippen LogP contribution in [-0.4, -0.2) is 36.5 Å². The summed E-state index contributed by atoms with van der Waals surface area (Å²) in [6.45, 7) is 5.08. The molecule has 0 radical (unpaired) electrons. The summed E-state index contributed by atoms with van der Waals surface area (Å²) in [6, 6.07) is 5.21. The van der Waals surface area contributed by atoms with Crippen LogP contribution in [0.4, 0.5) is 11.4 Å². The van der Waals surface area contributed by atoms with Gasteiger partial charge in [0.2, 0.25) is 0 Å². The SMILES string of the molecule is Cc1ccc([N+](=O)[O-])c(NCCC2CCN(C)CC2)c1. The second-order valence-electron chi connectivity index (χ2n) is 5.74. The van der Waals surface area contributed by atoms with E-state index in [0.29, 0.717) is 5.69 Å². The predicted molar refractivity (Wildman–Crippen MR) is 81.2 cm³/mol. The van der Waals surface area contributed by atoms with Gasteiger partial charge in [0, 0.05) is 12.6 Å². The number of nitrogens with one attached hydrogen (secondary N) is 1. The van der Waals surface area contributed by atoms with Gasteiger partial charge in [0.25, 0.3) is 5.69 Å². The van der Waals surface area contributed by atoms with Crippen molar-refractivity contribution in [3.8, 4) is 0 Å². The van der Waals surface area contributed by atoms with E-state index >= 15 is 0 Å². The highest BCUT2D eigenvalue weighted by Gasteiger charge is 2.17. The van der Waals surface area contributed by atoms with Crippen molar-refractivity contribution in [1.29, 1.82) is 0 Å². The van der Waals surface area contributed by atoms with Crippen LogP contribution in [0.5, 0.6) is 0 Å². The molecule has 1 N–H and O–H groups in total. The molecule has 1 fully saturated rings. The summed E-state index contributed by atoms with van der Waals surface area (Å²) in [7, 11) is 2.16. The van der Waals surface area contributed by atoms with Gasteiger partial charge in [-0.05, 0) is 63.9 Å². The minimum atomic E-state index is -0.322. The first kappa shape index (κ1) is 14.8. The van der Waals surface area contributed by atoms with Crippen LogP contribution in [0.3, 0.4) is 0 Å². The van der Waals surface area contributed by atoms with Gasteiger partial charge >= 0.3 is 0 Å². The van der Waals surface area contributed by atoms with Gasteiger partial charge < -0.3 is 10.2 Å². The lowest BCUT2D eigenvalue weighted by Gasteiger charge is -2.28. The largest absolute Gasteiger partial charge is 0.379 e. The first-order valence-electron chi connectivity index (χ1n) is 7.23. The van der Waals surface area contributed by atoms with Crippen molar-refractivity contribution in [3.63, 3.8) is 0 Å². The number of benzene rings is 1. The molecule has 0 unspecified atom stereocenters. The topological polar surface area (TPSA) is 58.4 Å². The van der Waals surface area contributed by atoms with Crippen molar-refractivity contribution < 1.29 is 4.92 Å². The molecule has 0 atom stereocenters. The minimum absolute atomic E-state index is 0.166. The van der Waals surface area contributed by atoms with E-state index in [4.69, 9.17) is 0 Å². The molecule has 0 saturated carbocycles. The maximum Gasteiger partial charge on any atom is 0.292 e. The zero-order chi connectivity index (χ0) is 14.5. The third kappa shape index (κ3) is 3.93. The van der Waals surface area contributed by atoms with Crippen molar-refractivity contribution in [3.05, 3.63) is 33.9 Å². The van der Waals surface area contributed by atoms with E-state index < -0.39 is 0 Å². The van der Waals surface area contributed by atoms with E-state index in [-0.39, 0.29) is 10.6 Å². The highest BCUT2D eigenvalue weighted by Crippen LogP contribution is 2.26. The lowest BCUT2D eigenvalue weighted by Crippen LogP contribution is -2.30. The van der Waals surface area contributed by atoms with Gasteiger partial charge in [-0.1, -0.05) is 6.07 Å². The number of nitro benzene ring substituents is 1. The summed E-state index contributed by atoms with van der Waals surface area (Å²) in [5, 5.41) is 14.2. The molecular weight excluding hydrogens is 254 g/mol. The molecule has 20 heavy (non-hydrogen) atoms. The Bertz CT molecular complexity index is 468. The van der Waals surface area contributed by atoms with Crippen LogP contribution >= 0.6 is 0 Å². The molecule has 1 aliphatic heterocycles. The summed E-state index contributed by atoms with van der Waals surface area (Å²) in [5.41, 5.74) is 1.85. The van der Waals surface area contributed by atoms with Gasteiger partial charge in [-0.25, -0.2) is 0 Å². The molecule has 1 aromatic carbocycles. The van der Waals surface area contributed by atoms with Crippen LogP contribution in [0.1, 0.15) is 24.8 Å². The maximum absolute atomic E-state index is 11.0. The second kappa shape index (κ2) is 6.70. The Balaban J connectivity index is 1.87. The Kier molecular flexibility index (Phi) is 4.95. The van der Waals surface area contributed by atoms with E-state index in [1.807, 2.05) is 13.0 Å². The Morgan fingerprint density at radius 1 is 1.40 bits per heavy atom. The average molecular weight is 277 g/mol. The third-order valence-corrected chi connectivity index (χ3v) is 4.05. The van der Waals surface area contributed by atoms with Crippen LogP contribution in [0.25, 0.3) is 0 Å². The monoisotopic (exact) mass is 277 g/mol. The molecule has 0 spiro atoms. The molecule has 1 aromatic rings. The molecule has 2 rings (SSSR count). The predicted octanol–water partition coefficient (Wildman–Crippen LogP) is 3.05. The molecule has 5 heteroatoms. The molecule has 0 amide bonds. The number of aryl methyl sites for hydroxylation is 1. The lowest BCUT2D eigenvalue weighted by atomic mass is 9.94. The van der Waals surface area contributed by atoms with Gasteiger partial charge in [0.15, 0.2) is 0 Å². The van der Waals surface area contributed by atoms with Crippen LogP contribution in [-0.2, 0) is 0 Å².